The third kappa shape index (κ3) is 4.11. The predicted octanol–water partition coefficient (Wildman–Crippen LogP) is 3.49. The molecule has 2 aromatic carbocycles. The van der Waals surface area contributed by atoms with E-state index < -0.39 is 22.7 Å². The summed E-state index contributed by atoms with van der Waals surface area (Å²) in [5, 5.41) is 0.758. The minimum atomic E-state index is -1.93. The Kier molecular flexibility index (Phi) is 5.46. The SMILES string of the molecule is CCOc1cc(F)ccc1S(=O)NC(=O)c1cc2ccc(N(C)C)cc2o1. The molecule has 0 fully saturated rings. The first-order valence-electron chi connectivity index (χ1n) is 8.25. The van der Waals surface area contributed by atoms with Crippen LogP contribution in [0.25, 0.3) is 11.0 Å². The van der Waals surface area contributed by atoms with Gasteiger partial charge in [0, 0.05) is 37.3 Å². The maximum atomic E-state index is 13.4. The Morgan fingerprint density at radius 3 is 2.70 bits per heavy atom. The molecule has 1 amide bonds. The molecule has 6 nitrogen and oxygen atoms in total. The normalized spacial score (nSPS) is 12.0. The summed E-state index contributed by atoms with van der Waals surface area (Å²) < 4.78 is 39.1. The highest BCUT2D eigenvalue weighted by Crippen LogP contribution is 2.26. The number of furan rings is 1. The third-order valence-corrected chi connectivity index (χ3v) is 4.94. The Bertz CT molecular complexity index is 1020. The monoisotopic (exact) mass is 390 g/mol. The van der Waals surface area contributed by atoms with E-state index in [1.54, 1.807) is 13.0 Å². The number of carbonyl (C=O) groups is 1. The van der Waals surface area contributed by atoms with Crippen molar-refractivity contribution >= 4 is 33.5 Å². The van der Waals surface area contributed by atoms with Crippen LogP contribution in [0, 0.1) is 5.82 Å². The van der Waals surface area contributed by atoms with Crippen molar-refractivity contribution in [3.63, 3.8) is 0 Å². The van der Waals surface area contributed by atoms with Crippen LogP contribution >= 0.6 is 0 Å². The molecule has 0 radical (unpaired) electrons. The highest BCUT2D eigenvalue weighted by molar-refractivity contribution is 7.83. The summed E-state index contributed by atoms with van der Waals surface area (Å²) in [6, 6.07) is 10.8. The zero-order valence-electron chi connectivity index (χ0n) is 15.1. The van der Waals surface area contributed by atoms with Crippen molar-refractivity contribution in [2.75, 3.05) is 25.6 Å². The lowest BCUT2D eigenvalue weighted by atomic mass is 10.2. The lowest BCUT2D eigenvalue weighted by Gasteiger charge is -2.11. The molecule has 1 heterocycles. The fourth-order valence-electron chi connectivity index (χ4n) is 2.50. The standard InChI is InChI=1S/C19H19FN2O4S/c1-4-25-16-10-13(20)6-8-18(16)27(24)21-19(23)17-9-12-5-7-14(22(2)3)11-15(12)26-17/h5-11H,4H2,1-3H3,(H,21,23). The summed E-state index contributed by atoms with van der Waals surface area (Å²) in [7, 11) is 1.88. The number of carbonyl (C=O) groups excluding carboxylic acids is 1. The van der Waals surface area contributed by atoms with E-state index in [4.69, 9.17) is 9.15 Å². The molecule has 142 valence electrons. The van der Waals surface area contributed by atoms with Gasteiger partial charge in [-0.3, -0.25) is 9.52 Å². The zero-order valence-corrected chi connectivity index (χ0v) is 15.9. The van der Waals surface area contributed by atoms with E-state index in [9.17, 15) is 13.4 Å². The number of hydrogen-bond acceptors (Lipinski definition) is 5. The van der Waals surface area contributed by atoms with Crippen molar-refractivity contribution in [1.29, 1.82) is 0 Å². The highest BCUT2D eigenvalue weighted by atomic mass is 32.2. The van der Waals surface area contributed by atoms with Gasteiger partial charge in [0.1, 0.15) is 22.0 Å². The fourth-order valence-corrected chi connectivity index (χ4v) is 3.37. The number of nitrogens with zero attached hydrogens (tertiary/aromatic N) is 1. The average Bonchev–Trinajstić information content (AvgIpc) is 3.05. The first-order valence-corrected chi connectivity index (χ1v) is 9.40. The molecule has 1 unspecified atom stereocenters. The number of rotatable bonds is 6. The largest absolute Gasteiger partial charge is 0.492 e. The number of fused-ring (bicyclic) bond motifs is 1. The van der Waals surface area contributed by atoms with Gasteiger partial charge in [-0.1, -0.05) is 0 Å². The summed E-state index contributed by atoms with van der Waals surface area (Å²) in [5.74, 6) is -0.993. The molecule has 1 N–H and O–H groups in total. The molecule has 0 aliphatic carbocycles. The van der Waals surface area contributed by atoms with Gasteiger partial charge in [-0.15, -0.1) is 0 Å². The van der Waals surface area contributed by atoms with E-state index in [2.05, 4.69) is 4.72 Å². The molecule has 0 aliphatic rings. The molecule has 3 rings (SSSR count). The third-order valence-electron chi connectivity index (χ3n) is 3.83. The van der Waals surface area contributed by atoms with Gasteiger partial charge in [0.2, 0.25) is 0 Å². The Balaban J connectivity index is 1.83. The van der Waals surface area contributed by atoms with Crippen LogP contribution in [0.3, 0.4) is 0 Å². The minimum absolute atomic E-state index is 0.0364. The topological polar surface area (TPSA) is 71.8 Å². The van der Waals surface area contributed by atoms with Crippen LogP contribution in [0.5, 0.6) is 5.75 Å². The second-order valence-corrected chi connectivity index (χ2v) is 7.13. The number of halogens is 1. The lowest BCUT2D eigenvalue weighted by Crippen LogP contribution is -2.25. The maximum absolute atomic E-state index is 13.4. The molecule has 27 heavy (non-hydrogen) atoms. The predicted molar refractivity (Wildman–Crippen MR) is 102 cm³/mol. The second kappa shape index (κ2) is 7.79. The van der Waals surface area contributed by atoms with Crippen molar-refractivity contribution in [3.05, 3.63) is 54.0 Å². The maximum Gasteiger partial charge on any atom is 0.298 e. The van der Waals surface area contributed by atoms with E-state index in [0.717, 1.165) is 23.2 Å². The van der Waals surface area contributed by atoms with Gasteiger partial charge in [0.25, 0.3) is 5.91 Å². The number of anilines is 1. The van der Waals surface area contributed by atoms with Crippen LogP contribution in [-0.2, 0) is 11.0 Å². The summed E-state index contributed by atoms with van der Waals surface area (Å²) >= 11 is 0. The van der Waals surface area contributed by atoms with E-state index in [0.29, 0.717) is 5.58 Å². The highest BCUT2D eigenvalue weighted by Gasteiger charge is 2.19. The van der Waals surface area contributed by atoms with E-state index in [1.807, 2.05) is 37.2 Å². The van der Waals surface area contributed by atoms with Gasteiger partial charge in [-0.25, -0.2) is 8.60 Å². The van der Waals surface area contributed by atoms with E-state index in [1.165, 1.54) is 6.07 Å². The second-order valence-electron chi connectivity index (χ2n) is 5.95. The number of ether oxygens (including phenoxy) is 1. The number of amides is 1. The van der Waals surface area contributed by atoms with Crippen LogP contribution in [0.15, 0.2) is 51.8 Å². The summed E-state index contributed by atoms with van der Waals surface area (Å²) in [5.41, 5.74) is 1.48. The number of hydrogen-bond donors (Lipinski definition) is 1. The first kappa shape index (κ1) is 18.9. The van der Waals surface area contributed by atoms with Crippen LogP contribution in [-0.4, -0.2) is 30.8 Å². The number of nitrogens with one attached hydrogen (secondary N) is 1. The molecule has 0 spiro atoms. The Labute approximate surface area is 158 Å². The van der Waals surface area contributed by atoms with Gasteiger partial charge < -0.3 is 14.1 Å². The Morgan fingerprint density at radius 1 is 1.22 bits per heavy atom. The first-order chi connectivity index (χ1) is 12.9. The van der Waals surface area contributed by atoms with Crippen molar-refractivity contribution in [3.8, 4) is 5.75 Å². The lowest BCUT2D eigenvalue weighted by molar-refractivity contribution is 0.0958. The summed E-state index contributed by atoms with van der Waals surface area (Å²) in [6.07, 6.45) is 0. The van der Waals surface area contributed by atoms with E-state index >= 15 is 0 Å². The number of benzene rings is 2. The molecule has 8 heteroatoms. The molecule has 0 aliphatic heterocycles. The molecule has 1 atom stereocenters. The quantitative estimate of drug-likeness (QED) is 0.698. The van der Waals surface area contributed by atoms with Crippen molar-refractivity contribution in [2.45, 2.75) is 11.8 Å². The summed E-state index contributed by atoms with van der Waals surface area (Å²) in [4.78, 5) is 14.5. The van der Waals surface area contributed by atoms with Crippen molar-refractivity contribution < 1.29 is 22.5 Å². The minimum Gasteiger partial charge on any atom is -0.492 e. The molecular weight excluding hydrogens is 371 g/mol. The molecule has 3 aromatic rings. The summed E-state index contributed by atoms with van der Waals surface area (Å²) in [6.45, 7) is 2.01. The Hall–Kier alpha value is -2.87. The van der Waals surface area contributed by atoms with Crippen LogP contribution in [0.1, 0.15) is 17.5 Å². The zero-order chi connectivity index (χ0) is 19.6. The average molecular weight is 390 g/mol. The molecular formula is C19H19FN2O4S. The van der Waals surface area contributed by atoms with Gasteiger partial charge in [0.15, 0.2) is 16.7 Å². The van der Waals surface area contributed by atoms with Gasteiger partial charge in [0.05, 0.1) is 6.61 Å². The van der Waals surface area contributed by atoms with Crippen LogP contribution in [0.2, 0.25) is 0 Å². The molecule has 0 saturated carbocycles. The fraction of sp³-hybridized carbons (Fsp3) is 0.211. The molecule has 1 aromatic heterocycles. The van der Waals surface area contributed by atoms with Crippen LogP contribution in [0.4, 0.5) is 10.1 Å². The van der Waals surface area contributed by atoms with E-state index in [-0.39, 0.29) is 23.0 Å². The smallest absolute Gasteiger partial charge is 0.298 e. The molecule has 0 saturated heterocycles. The van der Waals surface area contributed by atoms with Crippen LogP contribution < -0.4 is 14.4 Å². The Morgan fingerprint density at radius 2 is 2.00 bits per heavy atom. The van der Waals surface area contributed by atoms with Gasteiger partial charge in [-0.2, -0.15) is 0 Å². The van der Waals surface area contributed by atoms with Gasteiger partial charge in [-0.05, 0) is 37.3 Å². The van der Waals surface area contributed by atoms with Crippen molar-refractivity contribution in [2.24, 2.45) is 0 Å². The van der Waals surface area contributed by atoms with Crippen molar-refractivity contribution in [1.82, 2.24) is 4.72 Å². The van der Waals surface area contributed by atoms with Gasteiger partial charge >= 0.3 is 0 Å². The molecule has 0 bridgehead atoms.